The van der Waals surface area contributed by atoms with Crippen LogP contribution < -0.4 is 16.6 Å². The number of amides is 2. The molecule has 4 rings (SSSR count). The first-order chi connectivity index (χ1) is 16.9. The largest absolute Gasteiger partial charge is 0.352 e. The van der Waals surface area contributed by atoms with Gasteiger partial charge in [-0.05, 0) is 36.1 Å². The van der Waals surface area contributed by atoms with Crippen molar-refractivity contribution in [2.45, 2.75) is 32.5 Å². The maximum absolute atomic E-state index is 13.0. The Morgan fingerprint density at radius 3 is 2.29 bits per heavy atom. The van der Waals surface area contributed by atoms with Gasteiger partial charge in [-0.3, -0.25) is 23.5 Å². The third-order valence-electron chi connectivity index (χ3n) is 6.23. The Morgan fingerprint density at radius 1 is 0.914 bits per heavy atom. The van der Waals surface area contributed by atoms with Crippen LogP contribution in [0.3, 0.4) is 0 Å². The van der Waals surface area contributed by atoms with Crippen LogP contribution in [0.2, 0.25) is 0 Å². The lowest BCUT2D eigenvalue weighted by Gasteiger charge is -2.31. The van der Waals surface area contributed by atoms with Crippen LogP contribution >= 0.6 is 0 Å². The highest BCUT2D eigenvalue weighted by Crippen LogP contribution is 2.18. The number of piperidine rings is 1. The van der Waals surface area contributed by atoms with E-state index in [1.165, 1.54) is 29.0 Å². The van der Waals surface area contributed by atoms with Gasteiger partial charge in [-0.2, -0.15) is 0 Å². The van der Waals surface area contributed by atoms with E-state index in [0.717, 1.165) is 15.7 Å². The van der Waals surface area contributed by atoms with E-state index in [1.54, 1.807) is 17.0 Å². The Hall–Kier alpha value is -4.01. The number of benzene rings is 2. The number of hydrogen-bond acceptors (Lipinski definition) is 4. The Morgan fingerprint density at radius 2 is 1.60 bits per heavy atom. The van der Waals surface area contributed by atoms with Crippen LogP contribution in [0.4, 0.5) is 4.39 Å². The third kappa shape index (κ3) is 6.11. The smallest absolute Gasteiger partial charge is 0.331 e. The van der Waals surface area contributed by atoms with Gasteiger partial charge in [0.2, 0.25) is 11.8 Å². The molecule has 9 heteroatoms. The summed E-state index contributed by atoms with van der Waals surface area (Å²) >= 11 is 0. The molecule has 1 aromatic heterocycles. The van der Waals surface area contributed by atoms with Crippen LogP contribution in [0, 0.1) is 11.7 Å². The van der Waals surface area contributed by atoms with Crippen molar-refractivity contribution >= 4 is 11.8 Å². The molecule has 0 unspecified atom stereocenters. The Kier molecular flexibility index (Phi) is 7.54. The first-order valence-electron chi connectivity index (χ1n) is 11.5. The van der Waals surface area contributed by atoms with Gasteiger partial charge >= 0.3 is 5.69 Å². The summed E-state index contributed by atoms with van der Waals surface area (Å²) in [6, 6.07) is 16.6. The van der Waals surface area contributed by atoms with Crippen LogP contribution in [-0.2, 0) is 29.2 Å². The Labute approximate surface area is 201 Å². The summed E-state index contributed by atoms with van der Waals surface area (Å²) in [4.78, 5) is 52.1. The van der Waals surface area contributed by atoms with Gasteiger partial charge in [0, 0.05) is 37.8 Å². The zero-order chi connectivity index (χ0) is 24.8. The summed E-state index contributed by atoms with van der Waals surface area (Å²) in [5, 5.41) is 2.86. The lowest BCUT2D eigenvalue weighted by atomic mass is 9.95. The van der Waals surface area contributed by atoms with Crippen molar-refractivity contribution in [2.24, 2.45) is 5.92 Å². The number of halogens is 1. The average molecular weight is 479 g/mol. The van der Waals surface area contributed by atoms with Crippen molar-refractivity contribution in [3.8, 4) is 0 Å². The molecular formula is C26H27FN4O4. The van der Waals surface area contributed by atoms with Gasteiger partial charge < -0.3 is 10.2 Å². The first-order valence-corrected chi connectivity index (χ1v) is 11.5. The van der Waals surface area contributed by atoms with Crippen molar-refractivity contribution in [3.05, 3.63) is 105 Å². The van der Waals surface area contributed by atoms with Crippen LogP contribution in [0.15, 0.2) is 76.4 Å². The molecule has 0 aliphatic carbocycles. The summed E-state index contributed by atoms with van der Waals surface area (Å²) in [5.74, 6) is -0.997. The van der Waals surface area contributed by atoms with E-state index in [4.69, 9.17) is 0 Å². The molecule has 182 valence electrons. The fourth-order valence-corrected chi connectivity index (χ4v) is 4.16. The molecule has 8 nitrogen and oxygen atoms in total. The van der Waals surface area contributed by atoms with Gasteiger partial charge in [-0.25, -0.2) is 9.18 Å². The molecule has 0 saturated carbocycles. The van der Waals surface area contributed by atoms with Crippen molar-refractivity contribution in [2.75, 3.05) is 13.1 Å². The first kappa shape index (κ1) is 24.1. The number of rotatable bonds is 7. The molecule has 35 heavy (non-hydrogen) atoms. The number of aromatic nitrogens is 2. The summed E-state index contributed by atoms with van der Waals surface area (Å²) in [5.41, 5.74) is 0.650. The van der Waals surface area contributed by atoms with Gasteiger partial charge in [0.25, 0.3) is 5.56 Å². The fraction of sp³-hybridized carbons (Fsp3) is 0.308. The molecule has 2 aromatic carbocycles. The molecule has 2 amide bonds. The van der Waals surface area contributed by atoms with E-state index in [0.29, 0.717) is 39.0 Å². The van der Waals surface area contributed by atoms with Crippen LogP contribution in [0.1, 0.15) is 24.0 Å². The summed E-state index contributed by atoms with van der Waals surface area (Å²) in [7, 11) is 0. The van der Waals surface area contributed by atoms with E-state index in [9.17, 15) is 23.6 Å². The Balaban J connectivity index is 1.32. The molecule has 0 atom stereocenters. The summed E-state index contributed by atoms with van der Waals surface area (Å²) in [6.07, 6.45) is 2.42. The molecular weight excluding hydrogens is 451 g/mol. The fourth-order valence-electron chi connectivity index (χ4n) is 4.16. The minimum Gasteiger partial charge on any atom is -0.352 e. The monoisotopic (exact) mass is 478 g/mol. The maximum Gasteiger partial charge on any atom is 0.331 e. The molecule has 0 radical (unpaired) electrons. The van der Waals surface area contributed by atoms with Crippen molar-refractivity contribution in [1.82, 2.24) is 19.4 Å². The highest BCUT2D eigenvalue weighted by atomic mass is 19.1. The second-order valence-electron chi connectivity index (χ2n) is 8.64. The zero-order valence-electron chi connectivity index (χ0n) is 19.2. The number of likely N-dealkylation sites (tertiary alicyclic amines) is 1. The summed E-state index contributed by atoms with van der Waals surface area (Å²) in [6.45, 7) is 1.01. The normalized spacial score (nSPS) is 14.0. The molecule has 1 fully saturated rings. The Bertz CT molecular complexity index is 1290. The van der Waals surface area contributed by atoms with Gasteiger partial charge in [0.15, 0.2) is 0 Å². The second kappa shape index (κ2) is 10.9. The van der Waals surface area contributed by atoms with Gasteiger partial charge in [-0.1, -0.05) is 42.5 Å². The number of hydrogen-bond donors (Lipinski definition) is 1. The lowest BCUT2D eigenvalue weighted by Crippen LogP contribution is -2.47. The van der Waals surface area contributed by atoms with Crippen molar-refractivity contribution in [3.63, 3.8) is 0 Å². The quantitative estimate of drug-likeness (QED) is 0.560. The van der Waals surface area contributed by atoms with E-state index in [-0.39, 0.29) is 30.1 Å². The van der Waals surface area contributed by atoms with E-state index in [2.05, 4.69) is 5.32 Å². The topological polar surface area (TPSA) is 93.4 Å². The second-order valence-corrected chi connectivity index (χ2v) is 8.64. The van der Waals surface area contributed by atoms with Gasteiger partial charge in [0.1, 0.15) is 12.4 Å². The standard InChI is InChI=1S/C26H27FN4O4/c27-22-8-6-19(7-9-22)16-28-25(34)21-10-13-29(14-11-21)24(33)18-31-23(32)12-15-30(26(31)35)17-20-4-2-1-3-5-20/h1-9,12,15,21H,10-11,13-14,16-18H2,(H,28,34). The van der Waals surface area contributed by atoms with Crippen LogP contribution in [-0.4, -0.2) is 38.9 Å². The minimum absolute atomic E-state index is 0.107. The number of carbonyl (C=O) groups excluding carboxylic acids is 2. The average Bonchev–Trinajstić information content (AvgIpc) is 2.88. The summed E-state index contributed by atoms with van der Waals surface area (Å²) < 4.78 is 15.4. The molecule has 1 aliphatic rings. The SMILES string of the molecule is O=C(NCc1ccc(F)cc1)C1CCN(C(=O)Cn2c(=O)ccn(Cc3ccccc3)c2=O)CC1. The van der Waals surface area contributed by atoms with Crippen LogP contribution in [0.25, 0.3) is 0 Å². The molecule has 1 aliphatic heterocycles. The number of carbonyl (C=O) groups is 2. The molecule has 3 aromatic rings. The highest BCUT2D eigenvalue weighted by molar-refractivity contribution is 5.80. The molecule has 2 heterocycles. The predicted octanol–water partition coefficient (Wildman–Crippen LogP) is 1.75. The maximum atomic E-state index is 13.0. The molecule has 0 spiro atoms. The minimum atomic E-state index is -0.537. The molecule has 1 N–H and O–H groups in total. The van der Waals surface area contributed by atoms with Gasteiger partial charge in [-0.15, -0.1) is 0 Å². The van der Waals surface area contributed by atoms with E-state index in [1.807, 2.05) is 30.3 Å². The molecule has 0 bridgehead atoms. The van der Waals surface area contributed by atoms with Crippen molar-refractivity contribution in [1.29, 1.82) is 0 Å². The molecule has 1 saturated heterocycles. The van der Waals surface area contributed by atoms with E-state index < -0.39 is 11.2 Å². The van der Waals surface area contributed by atoms with Crippen LogP contribution in [0.5, 0.6) is 0 Å². The highest BCUT2D eigenvalue weighted by Gasteiger charge is 2.27. The number of nitrogens with one attached hydrogen (secondary N) is 1. The third-order valence-corrected chi connectivity index (χ3v) is 6.23. The lowest BCUT2D eigenvalue weighted by molar-refractivity contribution is -0.136. The van der Waals surface area contributed by atoms with Crippen molar-refractivity contribution < 1.29 is 14.0 Å². The zero-order valence-corrected chi connectivity index (χ0v) is 19.2. The number of nitrogens with zero attached hydrogens (tertiary/aromatic N) is 3. The van der Waals surface area contributed by atoms with E-state index >= 15 is 0 Å². The van der Waals surface area contributed by atoms with Gasteiger partial charge in [0.05, 0.1) is 6.54 Å². The predicted molar refractivity (Wildman–Crippen MR) is 128 cm³/mol.